The van der Waals surface area contributed by atoms with Crippen LogP contribution in [0.5, 0.6) is 0 Å². The van der Waals surface area contributed by atoms with Crippen molar-refractivity contribution in [3.63, 3.8) is 0 Å². The highest BCUT2D eigenvalue weighted by Crippen LogP contribution is 2.45. The summed E-state index contributed by atoms with van der Waals surface area (Å²) in [5, 5.41) is 12.8. The number of anilines is 6. The van der Waals surface area contributed by atoms with Crippen LogP contribution >= 0.6 is 0 Å². The van der Waals surface area contributed by atoms with E-state index in [0.29, 0.717) is 36.5 Å². The lowest BCUT2D eigenvalue weighted by atomic mass is 9.91. The zero-order chi connectivity index (χ0) is 48.9. The third-order valence-corrected chi connectivity index (χ3v) is 13.5. The topological polar surface area (TPSA) is 165 Å². The van der Waals surface area contributed by atoms with E-state index < -0.39 is 31.0 Å². The molecule has 0 saturated carbocycles. The maximum atomic E-state index is 14.0. The zero-order valence-corrected chi connectivity index (χ0v) is 39.9. The number of nitrogens with one attached hydrogen (secondary N) is 4. The van der Waals surface area contributed by atoms with Gasteiger partial charge in [-0.05, 0) is 109 Å². The van der Waals surface area contributed by atoms with Crippen molar-refractivity contribution >= 4 is 64.0 Å². The Morgan fingerprint density at radius 3 is 1.54 bits per heavy atom. The molecule has 70 heavy (non-hydrogen) atoms. The Morgan fingerprint density at radius 2 is 1.03 bits per heavy atom. The second-order valence-electron chi connectivity index (χ2n) is 18.2. The van der Waals surface area contributed by atoms with E-state index in [1.807, 2.05) is 128 Å². The molecule has 5 aromatic carbocycles. The van der Waals surface area contributed by atoms with E-state index >= 15 is 0 Å². The molecule has 4 N–H and O–H groups in total. The van der Waals surface area contributed by atoms with Crippen molar-refractivity contribution < 1.29 is 28.7 Å². The number of pyridine rings is 1. The van der Waals surface area contributed by atoms with Gasteiger partial charge in [-0.15, -0.1) is 0 Å². The van der Waals surface area contributed by atoms with Crippen LogP contribution in [-0.2, 0) is 23.9 Å². The number of hydrogen-bond acceptors (Lipinski definition) is 9. The van der Waals surface area contributed by atoms with Crippen molar-refractivity contribution in [2.24, 2.45) is 0 Å². The van der Waals surface area contributed by atoms with Gasteiger partial charge in [0, 0.05) is 53.6 Å². The van der Waals surface area contributed by atoms with Crippen molar-refractivity contribution in [2.75, 3.05) is 50.8 Å². The van der Waals surface area contributed by atoms with Crippen molar-refractivity contribution in [1.82, 2.24) is 9.88 Å². The van der Waals surface area contributed by atoms with E-state index in [1.165, 1.54) is 6.20 Å². The molecular formula is C56H58N8O6. The van der Waals surface area contributed by atoms with Crippen LogP contribution in [0.3, 0.4) is 0 Å². The van der Waals surface area contributed by atoms with Crippen LogP contribution in [0.25, 0.3) is 11.1 Å². The number of aromatic nitrogens is 1. The van der Waals surface area contributed by atoms with Gasteiger partial charge in [0.2, 0.25) is 23.6 Å². The summed E-state index contributed by atoms with van der Waals surface area (Å²) >= 11 is 0. The van der Waals surface area contributed by atoms with E-state index in [2.05, 4.69) is 45.3 Å². The summed E-state index contributed by atoms with van der Waals surface area (Å²) in [4.78, 5) is 76.6. The average molecular weight is 939 g/mol. The number of fused-ring (bicyclic) bond motifs is 5. The number of ether oxygens (including phenoxy) is 1. The van der Waals surface area contributed by atoms with E-state index in [9.17, 15) is 24.0 Å². The van der Waals surface area contributed by atoms with Gasteiger partial charge in [0.15, 0.2) is 0 Å². The van der Waals surface area contributed by atoms with E-state index in [4.69, 9.17) is 4.74 Å². The highest BCUT2D eigenvalue weighted by Gasteiger charge is 2.35. The van der Waals surface area contributed by atoms with Crippen molar-refractivity contribution in [3.8, 4) is 11.1 Å². The van der Waals surface area contributed by atoms with Gasteiger partial charge in [0.1, 0.15) is 25.5 Å². The highest BCUT2D eigenvalue weighted by molar-refractivity contribution is 5.98. The predicted molar refractivity (Wildman–Crippen MR) is 274 cm³/mol. The Labute approximate surface area is 408 Å². The maximum Gasteiger partial charge on any atom is 0.410 e. The fourth-order valence-electron chi connectivity index (χ4n) is 10.2. The molecule has 358 valence electrons. The molecule has 2 aliphatic heterocycles. The fourth-order valence-corrected chi connectivity index (χ4v) is 10.2. The molecule has 0 saturated heterocycles. The van der Waals surface area contributed by atoms with Crippen LogP contribution in [0, 0.1) is 0 Å². The van der Waals surface area contributed by atoms with Crippen molar-refractivity contribution in [2.45, 2.75) is 83.5 Å². The molecular weight excluding hydrogens is 881 g/mol. The third kappa shape index (κ3) is 9.93. The Hall–Kier alpha value is -8.00. The largest absolute Gasteiger partial charge is 0.448 e. The quantitative estimate of drug-likeness (QED) is 0.0832. The van der Waals surface area contributed by atoms with E-state index in [0.717, 1.165) is 61.8 Å². The minimum Gasteiger partial charge on any atom is -0.448 e. The molecule has 3 aliphatic rings. The lowest BCUT2D eigenvalue weighted by Gasteiger charge is -2.40. The molecule has 4 atom stereocenters. The van der Waals surface area contributed by atoms with E-state index in [1.54, 1.807) is 24.3 Å². The van der Waals surface area contributed by atoms with Crippen molar-refractivity contribution in [3.05, 3.63) is 162 Å². The Kier molecular flexibility index (Phi) is 13.9. The minimum absolute atomic E-state index is 0.00179. The van der Waals surface area contributed by atoms with Gasteiger partial charge in [0.05, 0.1) is 24.0 Å². The average Bonchev–Trinajstić information content (AvgIpc) is 3.69. The molecule has 1 aliphatic carbocycles. The van der Waals surface area contributed by atoms with Gasteiger partial charge in [-0.1, -0.05) is 98.8 Å². The number of carbonyl (C=O) groups is 5. The van der Waals surface area contributed by atoms with Crippen LogP contribution in [-0.4, -0.2) is 71.4 Å². The number of benzene rings is 5. The van der Waals surface area contributed by atoms with Crippen LogP contribution in [0.1, 0.15) is 93.6 Å². The summed E-state index contributed by atoms with van der Waals surface area (Å²) in [6, 6.07) is 42.5. The summed E-state index contributed by atoms with van der Waals surface area (Å²) in [7, 11) is 0. The molecule has 0 radical (unpaired) electrons. The SMILES string of the molecule is CCC(=O)N1c2ccccc2[C@H](Nc2ccc(NC(=O)CN(CC(=O)Nc3ccc(N[C@@H]4C[C@H](C)N(C(=O)CC)c5ccccc54)nc3)C(=O)OCC3c4ccccc4-c4ccccc43)cc2)C[C@@H]1C. The number of nitrogens with zero attached hydrogens (tertiary/aromatic N) is 4. The first-order valence-corrected chi connectivity index (χ1v) is 24.1. The summed E-state index contributed by atoms with van der Waals surface area (Å²) < 4.78 is 5.95. The van der Waals surface area contributed by atoms with Gasteiger partial charge in [-0.25, -0.2) is 9.78 Å². The molecule has 14 heteroatoms. The second-order valence-corrected chi connectivity index (χ2v) is 18.2. The monoisotopic (exact) mass is 938 g/mol. The molecule has 0 spiro atoms. The molecule has 6 aromatic rings. The number of amides is 5. The van der Waals surface area contributed by atoms with Gasteiger partial charge >= 0.3 is 6.09 Å². The molecule has 0 unspecified atom stereocenters. The molecule has 0 bridgehead atoms. The molecule has 1 aromatic heterocycles. The Bertz CT molecular complexity index is 2720. The Balaban J connectivity index is 0.865. The third-order valence-electron chi connectivity index (χ3n) is 13.5. The highest BCUT2D eigenvalue weighted by atomic mass is 16.6. The summed E-state index contributed by atoms with van der Waals surface area (Å²) in [6.45, 7) is 6.92. The molecule has 0 fully saturated rings. The molecule has 5 amide bonds. The minimum atomic E-state index is -0.813. The Morgan fingerprint density at radius 1 is 0.571 bits per heavy atom. The molecule has 9 rings (SSSR count). The predicted octanol–water partition coefficient (Wildman–Crippen LogP) is 10.3. The fraction of sp³-hybridized carbons (Fsp3) is 0.286. The first kappa shape index (κ1) is 47.1. The van der Waals surface area contributed by atoms with Crippen LogP contribution in [0.15, 0.2) is 140 Å². The summed E-state index contributed by atoms with van der Waals surface area (Å²) in [5.74, 6) is -0.537. The van der Waals surface area contributed by atoms with Gasteiger partial charge < -0.3 is 35.8 Å². The summed E-state index contributed by atoms with van der Waals surface area (Å²) in [6.07, 6.45) is 2.96. The molecule has 14 nitrogen and oxygen atoms in total. The number of rotatable bonds is 14. The smallest absolute Gasteiger partial charge is 0.410 e. The first-order chi connectivity index (χ1) is 34.0. The van der Waals surface area contributed by atoms with E-state index in [-0.39, 0.29) is 48.5 Å². The van der Waals surface area contributed by atoms with Crippen LogP contribution < -0.4 is 31.1 Å². The lowest BCUT2D eigenvalue weighted by molar-refractivity contribution is -0.120. The number of carbonyl (C=O) groups excluding carboxylic acids is 5. The van der Waals surface area contributed by atoms with Gasteiger partial charge in [-0.3, -0.25) is 24.1 Å². The second kappa shape index (κ2) is 20.7. The standard InChI is InChI=1S/C56H58N8O6/c1-5-54(67)63-35(3)29-47(44-19-11-13-21-49(44)63)58-37-23-25-38(26-24-37)59-52(65)32-62(56(69)70-34-46-42-17-9-7-15-40(42)41-16-8-10-18-43(41)46)33-53(66)60-39-27-28-51(57-31-39)61-48-30-36(4)64(55(68)6-2)50-22-14-12-20-45(48)50/h7-28,31,35-36,46-48,58H,5-6,29-30,32-34H2,1-4H3,(H,57,61)(H,59,65)(H,60,66)/t35-,36-,47+,48+/m0/s1. The van der Waals surface area contributed by atoms with Gasteiger partial charge in [0.25, 0.3) is 0 Å². The number of hydrogen-bond donors (Lipinski definition) is 4. The molecule has 3 heterocycles. The van der Waals surface area contributed by atoms with Crippen LogP contribution in [0.4, 0.5) is 39.0 Å². The van der Waals surface area contributed by atoms with Gasteiger partial charge in [-0.2, -0.15) is 0 Å². The lowest BCUT2D eigenvalue weighted by Crippen LogP contribution is -2.44. The summed E-state index contributed by atoms with van der Waals surface area (Å²) in [5.41, 5.74) is 9.79. The number of para-hydroxylation sites is 2. The van der Waals surface area contributed by atoms with Crippen molar-refractivity contribution in [1.29, 1.82) is 0 Å². The maximum absolute atomic E-state index is 14.0. The van der Waals surface area contributed by atoms with Crippen LogP contribution in [0.2, 0.25) is 0 Å². The first-order valence-electron chi connectivity index (χ1n) is 24.1. The normalized spacial score (nSPS) is 17.8. The zero-order valence-electron chi connectivity index (χ0n) is 39.9.